The van der Waals surface area contributed by atoms with Gasteiger partial charge in [0.1, 0.15) is 18.6 Å². The van der Waals surface area contributed by atoms with Crippen molar-refractivity contribution in [1.82, 2.24) is 24.5 Å². The molecule has 0 saturated heterocycles. The molecule has 158 valence electrons. The summed E-state index contributed by atoms with van der Waals surface area (Å²) in [4.78, 5) is 29.5. The molecule has 0 radical (unpaired) electrons. The van der Waals surface area contributed by atoms with Gasteiger partial charge in [-0.05, 0) is 42.3 Å². The first-order valence-electron chi connectivity index (χ1n) is 9.42. The zero-order valence-electron chi connectivity index (χ0n) is 16.9. The number of halogens is 1. The molecule has 0 bridgehead atoms. The lowest BCUT2D eigenvalue weighted by Crippen LogP contribution is -2.28. The lowest BCUT2D eigenvalue weighted by atomic mass is 10.2. The Labute approximate surface area is 182 Å². The minimum Gasteiger partial charge on any atom is -0.497 e. The van der Waals surface area contributed by atoms with E-state index in [9.17, 15) is 9.59 Å². The molecule has 2 aromatic heterocycles. The number of hydrogen-bond acceptors (Lipinski definition) is 6. The average Bonchev–Trinajstić information content (AvgIpc) is 3.16. The van der Waals surface area contributed by atoms with Crippen LogP contribution in [0.25, 0.3) is 11.2 Å². The number of fused-ring (bicyclic) bond motifs is 1. The predicted octanol–water partition coefficient (Wildman–Crippen LogP) is 2.65. The molecule has 10 heteroatoms. The van der Waals surface area contributed by atoms with Gasteiger partial charge in [0.15, 0.2) is 11.2 Å². The van der Waals surface area contributed by atoms with Crippen LogP contribution in [0.5, 0.6) is 5.75 Å². The van der Waals surface area contributed by atoms with Crippen LogP contribution in [0.1, 0.15) is 11.1 Å². The quantitative estimate of drug-likeness (QED) is 0.496. The highest BCUT2D eigenvalue weighted by molar-refractivity contribution is 6.33. The van der Waals surface area contributed by atoms with Crippen molar-refractivity contribution in [2.24, 2.45) is 0 Å². The van der Waals surface area contributed by atoms with Crippen molar-refractivity contribution >= 4 is 34.4 Å². The minimum atomic E-state index is -0.452. The number of benzene rings is 2. The van der Waals surface area contributed by atoms with E-state index in [0.717, 1.165) is 16.9 Å². The SMILES string of the molecule is COc1cccc(Cn2nnc3c(=O)n(CC(=O)Nc4ccc(C)cc4Cl)cnc32)c1. The normalized spacial score (nSPS) is 10.9. The van der Waals surface area contributed by atoms with Crippen LogP contribution >= 0.6 is 11.6 Å². The van der Waals surface area contributed by atoms with Crippen molar-refractivity contribution in [3.8, 4) is 5.75 Å². The van der Waals surface area contributed by atoms with Crippen molar-refractivity contribution < 1.29 is 9.53 Å². The summed E-state index contributed by atoms with van der Waals surface area (Å²) in [5.41, 5.74) is 2.35. The third-order valence-corrected chi connectivity index (χ3v) is 4.98. The zero-order chi connectivity index (χ0) is 22.0. The molecule has 1 amide bonds. The molecule has 2 aromatic carbocycles. The van der Waals surface area contributed by atoms with Crippen LogP contribution in [0.15, 0.2) is 53.6 Å². The van der Waals surface area contributed by atoms with Crippen molar-refractivity contribution in [1.29, 1.82) is 0 Å². The lowest BCUT2D eigenvalue weighted by Gasteiger charge is -2.09. The number of amides is 1. The third-order valence-electron chi connectivity index (χ3n) is 4.67. The fraction of sp³-hybridized carbons (Fsp3) is 0.190. The highest BCUT2D eigenvalue weighted by atomic mass is 35.5. The molecule has 0 fully saturated rings. The van der Waals surface area contributed by atoms with Crippen LogP contribution in [0.2, 0.25) is 5.02 Å². The van der Waals surface area contributed by atoms with Crippen LogP contribution in [0, 0.1) is 6.92 Å². The molecule has 0 unspecified atom stereocenters. The molecular weight excluding hydrogens is 420 g/mol. The van der Waals surface area contributed by atoms with Gasteiger partial charge in [-0.3, -0.25) is 14.2 Å². The van der Waals surface area contributed by atoms with Gasteiger partial charge in [-0.25, -0.2) is 9.67 Å². The number of rotatable bonds is 6. The van der Waals surface area contributed by atoms with Crippen LogP contribution in [-0.4, -0.2) is 37.6 Å². The van der Waals surface area contributed by atoms with Crippen molar-refractivity contribution in [2.75, 3.05) is 12.4 Å². The summed E-state index contributed by atoms with van der Waals surface area (Å²) in [7, 11) is 1.59. The van der Waals surface area contributed by atoms with Gasteiger partial charge in [0.05, 0.1) is 24.4 Å². The molecule has 1 N–H and O–H groups in total. The van der Waals surface area contributed by atoms with E-state index >= 15 is 0 Å². The second-order valence-electron chi connectivity index (χ2n) is 6.98. The summed E-state index contributed by atoms with van der Waals surface area (Å²) in [5, 5.41) is 11.1. The van der Waals surface area contributed by atoms with E-state index in [1.165, 1.54) is 15.6 Å². The summed E-state index contributed by atoms with van der Waals surface area (Å²) in [6.07, 6.45) is 1.31. The Morgan fingerprint density at radius 1 is 1.23 bits per heavy atom. The number of nitrogens with one attached hydrogen (secondary N) is 1. The molecule has 9 nitrogen and oxygen atoms in total. The first-order chi connectivity index (χ1) is 14.9. The molecule has 0 spiro atoms. The molecule has 0 atom stereocenters. The van der Waals surface area contributed by atoms with Gasteiger partial charge in [0.2, 0.25) is 5.91 Å². The predicted molar refractivity (Wildman–Crippen MR) is 116 cm³/mol. The van der Waals surface area contributed by atoms with Gasteiger partial charge in [0, 0.05) is 0 Å². The minimum absolute atomic E-state index is 0.0894. The first kappa shape index (κ1) is 20.5. The van der Waals surface area contributed by atoms with Gasteiger partial charge in [0.25, 0.3) is 5.56 Å². The van der Waals surface area contributed by atoms with Crippen LogP contribution in [0.3, 0.4) is 0 Å². The maximum atomic E-state index is 12.8. The standard InChI is InChI=1S/C21H19ClN6O3/c1-13-6-7-17(16(22)8-13)24-18(29)11-27-12-23-20-19(21(27)30)25-26-28(20)10-14-4-3-5-15(9-14)31-2/h3-9,12H,10-11H2,1-2H3,(H,24,29). The molecule has 4 aromatic rings. The van der Waals surface area contributed by atoms with Crippen LogP contribution in [0.4, 0.5) is 5.69 Å². The third kappa shape index (κ3) is 4.41. The summed E-state index contributed by atoms with van der Waals surface area (Å²) in [5.74, 6) is 0.315. The Hall–Kier alpha value is -3.72. The monoisotopic (exact) mass is 438 g/mol. The zero-order valence-corrected chi connectivity index (χ0v) is 17.6. The average molecular weight is 439 g/mol. The molecule has 31 heavy (non-hydrogen) atoms. The number of nitrogens with zero attached hydrogens (tertiary/aromatic N) is 5. The van der Waals surface area contributed by atoms with E-state index in [1.807, 2.05) is 37.3 Å². The largest absolute Gasteiger partial charge is 0.497 e. The molecule has 0 aliphatic rings. The van der Waals surface area contributed by atoms with Crippen molar-refractivity contribution in [3.05, 3.63) is 75.3 Å². The fourth-order valence-electron chi connectivity index (χ4n) is 3.12. The molecule has 2 heterocycles. The second-order valence-corrected chi connectivity index (χ2v) is 7.39. The van der Waals surface area contributed by atoms with Gasteiger partial charge in [-0.2, -0.15) is 0 Å². The Bertz CT molecular complexity index is 1330. The molecule has 0 aliphatic heterocycles. The van der Waals surface area contributed by atoms with Gasteiger partial charge in [-0.1, -0.05) is 35.0 Å². The van der Waals surface area contributed by atoms with Crippen molar-refractivity contribution in [3.63, 3.8) is 0 Å². The Kier molecular flexibility index (Phi) is 5.68. The van der Waals surface area contributed by atoms with Gasteiger partial charge >= 0.3 is 0 Å². The maximum absolute atomic E-state index is 12.8. The highest BCUT2D eigenvalue weighted by Gasteiger charge is 2.15. The number of carbonyl (C=O) groups is 1. The first-order valence-corrected chi connectivity index (χ1v) is 9.80. The number of hydrogen-bond donors (Lipinski definition) is 1. The number of ether oxygens (including phenoxy) is 1. The van der Waals surface area contributed by atoms with E-state index in [0.29, 0.717) is 22.9 Å². The van der Waals surface area contributed by atoms with E-state index < -0.39 is 11.5 Å². The number of aromatic nitrogens is 5. The lowest BCUT2D eigenvalue weighted by molar-refractivity contribution is -0.116. The smallest absolute Gasteiger partial charge is 0.283 e. The van der Waals surface area contributed by atoms with E-state index in [-0.39, 0.29) is 12.1 Å². The molecule has 0 aliphatic carbocycles. The summed E-state index contributed by atoms with van der Waals surface area (Å²) >= 11 is 6.15. The summed E-state index contributed by atoms with van der Waals surface area (Å²) in [6.45, 7) is 2.05. The van der Waals surface area contributed by atoms with E-state index in [1.54, 1.807) is 19.2 Å². The fourth-order valence-corrected chi connectivity index (χ4v) is 3.40. The summed E-state index contributed by atoms with van der Waals surface area (Å²) in [6, 6.07) is 12.8. The van der Waals surface area contributed by atoms with E-state index in [2.05, 4.69) is 20.6 Å². The number of methoxy groups -OCH3 is 1. The second kappa shape index (κ2) is 8.57. The molecule has 0 saturated carbocycles. The van der Waals surface area contributed by atoms with Gasteiger partial charge in [-0.15, -0.1) is 5.10 Å². The Morgan fingerprint density at radius 3 is 2.84 bits per heavy atom. The topological polar surface area (TPSA) is 104 Å². The number of aryl methyl sites for hydroxylation is 1. The molecular formula is C21H19ClN6O3. The molecule has 4 rings (SSSR count). The van der Waals surface area contributed by atoms with E-state index in [4.69, 9.17) is 16.3 Å². The summed E-state index contributed by atoms with van der Waals surface area (Å²) < 4.78 is 7.94. The number of carbonyl (C=O) groups excluding carboxylic acids is 1. The Balaban J connectivity index is 1.54. The van der Waals surface area contributed by atoms with Crippen LogP contribution < -0.4 is 15.6 Å². The number of anilines is 1. The van der Waals surface area contributed by atoms with Crippen LogP contribution in [-0.2, 0) is 17.9 Å². The maximum Gasteiger partial charge on any atom is 0.283 e. The highest BCUT2D eigenvalue weighted by Crippen LogP contribution is 2.22. The van der Waals surface area contributed by atoms with Gasteiger partial charge < -0.3 is 10.1 Å². The Morgan fingerprint density at radius 2 is 2.06 bits per heavy atom. The van der Waals surface area contributed by atoms with Crippen molar-refractivity contribution in [2.45, 2.75) is 20.0 Å².